The van der Waals surface area contributed by atoms with Crippen molar-refractivity contribution in [2.45, 2.75) is 40.0 Å². The van der Waals surface area contributed by atoms with Crippen LogP contribution in [0, 0.1) is 10.8 Å². The number of rotatable bonds is 6. The third-order valence-electron chi connectivity index (χ3n) is 5.86. The average Bonchev–Trinajstić information content (AvgIpc) is 2.77. The van der Waals surface area contributed by atoms with Crippen LogP contribution in [0.2, 0.25) is 0 Å². The first kappa shape index (κ1) is 22.7. The van der Waals surface area contributed by atoms with Crippen molar-refractivity contribution in [3.8, 4) is 11.1 Å². The van der Waals surface area contributed by atoms with Gasteiger partial charge in [0.1, 0.15) is 0 Å². The van der Waals surface area contributed by atoms with Gasteiger partial charge in [-0.05, 0) is 42.0 Å². The minimum atomic E-state index is -0.657. The van der Waals surface area contributed by atoms with Gasteiger partial charge < -0.3 is 10.2 Å². The molecule has 31 heavy (non-hydrogen) atoms. The van der Waals surface area contributed by atoms with Crippen LogP contribution in [0.5, 0.6) is 0 Å². The molecule has 2 aromatic rings. The molecule has 3 rings (SSSR count). The van der Waals surface area contributed by atoms with Crippen molar-refractivity contribution in [2.75, 3.05) is 19.6 Å². The van der Waals surface area contributed by atoms with E-state index >= 15 is 0 Å². The maximum absolute atomic E-state index is 13.3. The smallest absolute Gasteiger partial charge is 0.228 e. The van der Waals surface area contributed by atoms with Crippen molar-refractivity contribution in [3.05, 3.63) is 67.0 Å². The summed E-state index contributed by atoms with van der Waals surface area (Å²) in [5.41, 5.74) is 2.07. The summed E-state index contributed by atoms with van der Waals surface area (Å²) in [6, 6.07) is 12.2. The highest BCUT2D eigenvalue weighted by Crippen LogP contribution is 2.36. The fourth-order valence-corrected chi connectivity index (χ4v) is 4.33. The zero-order chi connectivity index (χ0) is 22.5. The second kappa shape index (κ2) is 9.46. The van der Waals surface area contributed by atoms with Gasteiger partial charge in [-0.25, -0.2) is 0 Å². The largest absolute Gasteiger partial charge is 0.352 e. The average molecular weight is 420 g/mol. The summed E-state index contributed by atoms with van der Waals surface area (Å²) < 4.78 is 0. The Balaban J connectivity index is 1.92. The summed E-state index contributed by atoms with van der Waals surface area (Å²) in [5, 5.41) is 3.00. The Hall–Kier alpha value is -2.95. The van der Waals surface area contributed by atoms with Gasteiger partial charge in [-0.3, -0.25) is 14.6 Å². The lowest BCUT2D eigenvalue weighted by atomic mass is 9.73. The number of aromatic nitrogens is 1. The number of nitrogens with zero attached hydrogens (tertiary/aromatic N) is 2. The Morgan fingerprint density at radius 1 is 1.23 bits per heavy atom. The van der Waals surface area contributed by atoms with E-state index in [0.717, 1.165) is 29.5 Å². The Morgan fingerprint density at radius 2 is 2.00 bits per heavy atom. The quantitative estimate of drug-likeness (QED) is 0.712. The maximum Gasteiger partial charge on any atom is 0.228 e. The minimum Gasteiger partial charge on any atom is -0.352 e. The molecule has 164 valence electrons. The predicted molar refractivity (Wildman–Crippen MR) is 124 cm³/mol. The third-order valence-corrected chi connectivity index (χ3v) is 5.86. The number of amides is 2. The Morgan fingerprint density at radius 3 is 2.68 bits per heavy atom. The molecule has 5 heteroatoms. The van der Waals surface area contributed by atoms with E-state index in [1.54, 1.807) is 12.3 Å². The first-order valence-corrected chi connectivity index (χ1v) is 10.9. The highest BCUT2D eigenvalue weighted by Gasteiger charge is 2.44. The van der Waals surface area contributed by atoms with Crippen molar-refractivity contribution in [3.63, 3.8) is 0 Å². The molecule has 0 aliphatic carbocycles. The standard InChI is InChI=1S/C26H33N3O2/c1-5-13-28-23(30)26(12-8-15-29(19-26)24(31)25(2,3)4)17-20-9-6-10-21(16-20)22-11-7-14-27-18-22/h5-7,9-11,14,16,18H,1,8,12-13,15,17,19H2,2-4H3,(H,28,30)/t26-/m0/s1. The molecule has 1 fully saturated rings. The van der Waals surface area contributed by atoms with E-state index in [1.165, 1.54) is 0 Å². The molecule has 2 amide bonds. The van der Waals surface area contributed by atoms with E-state index in [-0.39, 0.29) is 11.8 Å². The maximum atomic E-state index is 13.3. The Labute approximate surface area is 185 Å². The second-order valence-electron chi connectivity index (χ2n) is 9.48. The fourth-order valence-electron chi connectivity index (χ4n) is 4.33. The van der Waals surface area contributed by atoms with E-state index in [9.17, 15) is 9.59 Å². The zero-order valence-electron chi connectivity index (χ0n) is 18.9. The van der Waals surface area contributed by atoms with Gasteiger partial charge in [-0.15, -0.1) is 6.58 Å². The molecular formula is C26H33N3O2. The fraction of sp³-hybridized carbons (Fsp3) is 0.423. The second-order valence-corrected chi connectivity index (χ2v) is 9.48. The van der Waals surface area contributed by atoms with Crippen LogP contribution in [0.4, 0.5) is 0 Å². The van der Waals surface area contributed by atoms with Crippen LogP contribution < -0.4 is 5.32 Å². The molecule has 0 spiro atoms. The number of hydrogen-bond donors (Lipinski definition) is 1. The lowest BCUT2D eigenvalue weighted by molar-refractivity contribution is -0.147. The Kier molecular flexibility index (Phi) is 6.94. The van der Waals surface area contributed by atoms with Crippen LogP contribution in [0.1, 0.15) is 39.2 Å². The number of hydrogen-bond acceptors (Lipinski definition) is 3. The molecule has 1 aliphatic heterocycles. The first-order valence-electron chi connectivity index (χ1n) is 10.9. The predicted octanol–water partition coefficient (Wildman–Crippen LogP) is 4.25. The van der Waals surface area contributed by atoms with Gasteiger partial charge in [0.2, 0.25) is 11.8 Å². The number of benzene rings is 1. The van der Waals surface area contributed by atoms with Crippen molar-refractivity contribution in [1.29, 1.82) is 0 Å². The van der Waals surface area contributed by atoms with Crippen molar-refractivity contribution < 1.29 is 9.59 Å². The van der Waals surface area contributed by atoms with Crippen LogP contribution >= 0.6 is 0 Å². The number of pyridine rings is 1. The van der Waals surface area contributed by atoms with E-state index in [2.05, 4.69) is 35.1 Å². The highest BCUT2D eigenvalue weighted by atomic mass is 16.2. The zero-order valence-corrected chi connectivity index (χ0v) is 18.9. The lowest BCUT2D eigenvalue weighted by Gasteiger charge is -2.43. The topological polar surface area (TPSA) is 62.3 Å². The summed E-state index contributed by atoms with van der Waals surface area (Å²) in [5.74, 6) is 0.0859. The number of piperidine rings is 1. The van der Waals surface area contributed by atoms with Crippen LogP contribution in [-0.4, -0.2) is 41.3 Å². The lowest BCUT2D eigenvalue weighted by Crippen LogP contribution is -2.56. The van der Waals surface area contributed by atoms with Gasteiger partial charge in [0.25, 0.3) is 0 Å². The molecule has 2 heterocycles. The summed E-state index contributed by atoms with van der Waals surface area (Å²) >= 11 is 0. The van der Waals surface area contributed by atoms with E-state index in [0.29, 0.717) is 26.1 Å². The van der Waals surface area contributed by atoms with Crippen LogP contribution in [-0.2, 0) is 16.0 Å². The number of carbonyl (C=O) groups excluding carboxylic acids is 2. The van der Waals surface area contributed by atoms with Gasteiger partial charge in [0.15, 0.2) is 0 Å². The normalized spacial score (nSPS) is 19.0. The molecule has 1 atom stereocenters. The van der Waals surface area contributed by atoms with Gasteiger partial charge in [-0.2, -0.15) is 0 Å². The monoisotopic (exact) mass is 419 g/mol. The number of carbonyl (C=O) groups is 2. The molecule has 1 aromatic carbocycles. The Bertz CT molecular complexity index is 933. The van der Waals surface area contributed by atoms with Crippen LogP contribution in [0.3, 0.4) is 0 Å². The van der Waals surface area contributed by atoms with Crippen molar-refractivity contribution >= 4 is 11.8 Å². The molecule has 1 aliphatic rings. The van der Waals surface area contributed by atoms with E-state index in [4.69, 9.17) is 0 Å². The highest BCUT2D eigenvalue weighted by molar-refractivity contribution is 5.86. The minimum absolute atomic E-state index is 0.00871. The molecule has 5 nitrogen and oxygen atoms in total. The summed E-state index contributed by atoms with van der Waals surface area (Å²) in [6.07, 6.45) is 7.44. The van der Waals surface area contributed by atoms with E-state index < -0.39 is 10.8 Å². The van der Waals surface area contributed by atoms with Gasteiger partial charge in [0.05, 0.1) is 5.41 Å². The SMILES string of the molecule is C=CCNC(=O)[C@]1(Cc2cccc(-c3cccnc3)c2)CCCN(C(=O)C(C)(C)C)C1. The van der Waals surface area contributed by atoms with Crippen molar-refractivity contribution in [1.82, 2.24) is 15.2 Å². The molecule has 1 aromatic heterocycles. The van der Waals surface area contributed by atoms with Gasteiger partial charge >= 0.3 is 0 Å². The number of nitrogens with one attached hydrogen (secondary N) is 1. The molecule has 1 saturated heterocycles. The van der Waals surface area contributed by atoms with Crippen LogP contribution in [0.15, 0.2) is 61.4 Å². The summed E-state index contributed by atoms with van der Waals surface area (Å²) in [4.78, 5) is 32.4. The van der Waals surface area contributed by atoms with E-state index in [1.807, 2.05) is 50.1 Å². The molecule has 1 N–H and O–H groups in total. The molecular weight excluding hydrogens is 386 g/mol. The van der Waals surface area contributed by atoms with Crippen LogP contribution in [0.25, 0.3) is 11.1 Å². The van der Waals surface area contributed by atoms with Crippen molar-refractivity contribution in [2.24, 2.45) is 10.8 Å². The molecule has 0 radical (unpaired) electrons. The number of likely N-dealkylation sites (tertiary alicyclic amines) is 1. The summed E-state index contributed by atoms with van der Waals surface area (Å²) in [7, 11) is 0. The summed E-state index contributed by atoms with van der Waals surface area (Å²) in [6.45, 7) is 11.1. The molecule has 0 saturated carbocycles. The molecule has 0 bridgehead atoms. The molecule has 0 unspecified atom stereocenters. The first-order chi connectivity index (χ1) is 14.7. The van der Waals surface area contributed by atoms with Gasteiger partial charge in [-0.1, -0.05) is 57.2 Å². The third kappa shape index (κ3) is 5.40. The van der Waals surface area contributed by atoms with Gasteiger partial charge in [0, 0.05) is 37.4 Å².